The van der Waals surface area contributed by atoms with Crippen LogP contribution in [0.25, 0.3) is 0 Å². The van der Waals surface area contributed by atoms with Gasteiger partial charge in [-0.1, -0.05) is 26.0 Å². The summed E-state index contributed by atoms with van der Waals surface area (Å²) in [6, 6.07) is 9.45. The van der Waals surface area contributed by atoms with Crippen molar-refractivity contribution in [2.45, 2.75) is 39.7 Å². The van der Waals surface area contributed by atoms with Crippen molar-refractivity contribution in [2.75, 3.05) is 25.0 Å². The molecule has 1 saturated heterocycles. The van der Waals surface area contributed by atoms with Gasteiger partial charge in [0.05, 0.1) is 0 Å². The van der Waals surface area contributed by atoms with Crippen LogP contribution in [-0.2, 0) is 0 Å². The lowest BCUT2D eigenvalue weighted by atomic mass is 9.82. The number of nitrogens with zero attached hydrogens (tertiary/aromatic N) is 1. The molecular formula is C16H26N2. The molecular weight excluding hydrogens is 220 g/mol. The van der Waals surface area contributed by atoms with Crippen LogP contribution in [0.2, 0.25) is 0 Å². The summed E-state index contributed by atoms with van der Waals surface area (Å²) in [7, 11) is 2.01. The Bertz CT molecular complexity index is 371. The molecule has 100 valence electrons. The fraction of sp³-hybridized carbons (Fsp3) is 0.625. The molecule has 0 aliphatic carbocycles. The highest BCUT2D eigenvalue weighted by atomic mass is 15.1. The van der Waals surface area contributed by atoms with Crippen LogP contribution in [0.1, 0.15) is 45.2 Å². The molecule has 1 aromatic rings. The van der Waals surface area contributed by atoms with Crippen molar-refractivity contribution in [1.82, 2.24) is 5.32 Å². The second-order valence-corrected chi connectivity index (χ2v) is 6.25. The van der Waals surface area contributed by atoms with Crippen molar-refractivity contribution < 1.29 is 0 Å². The largest absolute Gasteiger partial charge is 0.371 e. The topological polar surface area (TPSA) is 15.3 Å². The Balaban J connectivity index is 2.02. The Morgan fingerprint density at radius 1 is 1.11 bits per heavy atom. The summed E-state index contributed by atoms with van der Waals surface area (Å²) in [5.74, 6) is 0. The van der Waals surface area contributed by atoms with Crippen LogP contribution in [0.3, 0.4) is 0 Å². The smallest absolute Gasteiger partial charge is 0.0366 e. The van der Waals surface area contributed by atoms with E-state index in [2.05, 4.69) is 55.3 Å². The summed E-state index contributed by atoms with van der Waals surface area (Å²) >= 11 is 0. The molecule has 0 bridgehead atoms. The second kappa shape index (κ2) is 5.31. The van der Waals surface area contributed by atoms with Crippen LogP contribution in [0.4, 0.5) is 5.69 Å². The van der Waals surface area contributed by atoms with E-state index in [1.807, 2.05) is 7.05 Å². The number of nitrogens with one attached hydrogen (secondary N) is 1. The lowest BCUT2D eigenvalue weighted by Gasteiger charge is -2.38. The van der Waals surface area contributed by atoms with E-state index in [0.29, 0.717) is 11.5 Å². The lowest BCUT2D eigenvalue weighted by Crippen LogP contribution is -2.37. The number of anilines is 1. The fourth-order valence-electron chi connectivity index (χ4n) is 2.51. The van der Waals surface area contributed by atoms with Gasteiger partial charge in [-0.05, 0) is 49.9 Å². The molecule has 2 rings (SSSR count). The van der Waals surface area contributed by atoms with Crippen molar-refractivity contribution >= 4 is 5.69 Å². The summed E-state index contributed by atoms with van der Waals surface area (Å²) in [6.45, 7) is 9.32. The van der Waals surface area contributed by atoms with Gasteiger partial charge in [0, 0.05) is 24.8 Å². The first-order chi connectivity index (χ1) is 8.52. The molecule has 1 aliphatic rings. The van der Waals surface area contributed by atoms with E-state index in [0.717, 1.165) is 0 Å². The van der Waals surface area contributed by atoms with Gasteiger partial charge in [0.15, 0.2) is 0 Å². The first-order valence-electron chi connectivity index (χ1n) is 7.04. The summed E-state index contributed by atoms with van der Waals surface area (Å²) in [5.41, 5.74) is 3.26. The molecule has 1 aliphatic heterocycles. The molecule has 1 fully saturated rings. The molecule has 0 amide bonds. The van der Waals surface area contributed by atoms with Gasteiger partial charge in [-0.2, -0.15) is 0 Å². The molecule has 0 aromatic heterocycles. The first kappa shape index (κ1) is 13.4. The Morgan fingerprint density at radius 2 is 1.67 bits per heavy atom. The monoisotopic (exact) mass is 246 g/mol. The van der Waals surface area contributed by atoms with Gasteiger partial charge in [-0.15, -0.1) is 0 Å². The number of benzene rings is 1. The molecule has 2 heteroatoms. The molecule has 0 radical (unpaired) electrons. The Morgan fingerprint density at radius 3 is 2.17 bits per heavy atom. The van der Waals surface area contributed by atoms with Gasteiger partial charge in [-0.3, -0.25) is 0 Å². The van der Waals surface area contributed by atoms with Crippen molar-refractivity contribution in [2.24, 2.45) is 5.41 Å². The highest BCUT2D eigenvalue weighted by molar-refractivity contribution is 5.48. The van der Waals surface area contributed by atoms with Crippen LogP contribution in [0.5, 0.6) is 0 Å². The summed E-state index contributed by atoms with van der Waals surface area (Å²) in [5, 5.41) is 3.28. The second-order valence-electron chi connectivity index (χ2n) is 6.25. The molecule has 18 heavy (non-hydrogen) atoms. The molecule has 1 atom stereocenters. The van der Waals surface area contributed by atoms with Crippen molar-refractivity contribution in [3.05, 3.63) is 29.8 Å². The van der Waals surface area contributed by atoms with Gasteiger partial charge in [-0.25, -0.2) is 0 Å². The van der Waals surface area contributed by atoms with E-state index in [1.165, 1.54) is 37.2 Å². The van der Waals surface area contributed by atoms with Crippen molar-refractivity contribution in [1.29, 1.82) is 0 Å². The highest BCUT2D eigenvalue weighted by Gasteiger charge is 2.25. The van der Waals surface area contributed by atoms with Gasteiger partial charge in [0.1, 0.15) is 0 Å². The van der Waals surface area contributed by atoms with Crippen molar-refractivity contribution in [3.8, 4) is 0 Å². The molecule has 2 nitrogen and oxygen atoms in total. The minimum atomic E-state index is 0.430. The maximum atomic E-state index is 3.28. The third-order valence-corrected chi connectivity index (χ3v) is 4.31. The minimum Gasteiger partial charge on any atom is -0.371 e. The highest BCUT2D eigenvalue weighted by Crippen LogP contribution is 2.32. The van der Waals surface area contributed by atoms with E-state index < -0.39 is 0 Å². The van der Waals surface area contributed by atoms with Crippen LogP contribution in [0, 0.1) is 5.41 Å². The average Bonchev–Trinajstić information content (AvgIpc) is 2.38. The Kier molecular flexibility index (Phi) is 3.96. The van der Waals surface area contributed by atoms with E-state index >= 15 is 0 Å². The molecule has 1 unspecified atom stereocenters. The number of rotatable bonds is 3. The van der Waals surface area contributed by atoms with Crippen LogP contribution in [-0.4, -0.2) is 20.1 Å². The van der Waals surface area contributed by atoms with E-state index in [4.69, 9.17) is 0 Å². The summed E-state index contributed by atoms with van der Waals surface area (Å²) in [6.07, 6.45) is 2.59. The third-order valence-electron chi connectivity index (χ3n) is 4.31. The minimum absolute atomic E-state index is 0.430. The maximum Gasteiger partial charge on any atom is 0.0366 e. The summed E-state index contributed by atoms with van der Waals surface area (Å²) in [4.78, 5) is 2.51. The zero-order chi connectivity index (χ0) is 13.2. The van der Waals surface area contributed by atoms with Crippen molar-refractivity contribution in [3.63, 3.8) is 0 Å². The van der Waals surface area contributed by atoms with Gasteiger partial charge in [0.25, 0.3) is 0 Å². The predicted molar refractivity (Wildman–Crippen MR) is 79.1 cm³/mol. The summed E-state index contributed by atoms with van der Waals surface area (Å²) < 4.78 is 0. The van der Waals surface area contributed by atoms with Gasteiger partial charge >= 0.3 is 0 Å². The van der Waals surface area contributed by atoms with Crippen LogP contribution in [0.15, 0.2) is 24.3 Å². The Hall–Kier alpha value is -1.02. The Labute approximate surface area is 111 Å². The predicted octanol–water partition coefficient (Wildman–Crippen LogP) is 3.59. The number of hydrogen-bond acceptors (Lipinski definition) is 2. The molecule has 1 N–H and O–H groups in total. The van der Waals surface area contributed by atoms with Crippen LogP contribution >= 0.6 is 0 Å². The normalized spacial score (nSPS) is 20.8. The third kappa shape index (κ3) is 3.05. The SMILES string of the molecule is CNC(C)c1ccc(N2CCC(C)(C)CC2)cc1. The maximum absolute atomic E-state index is 3.28. The number of piperidine rings is 1. The standard InChI is InChI=1S/C16H26N2/c1-13(17-4)14-5-7-15(8-6-14)18-11-9-16(2,3)10-12-18/h5-8,13,17H,9-12H2,1-4H3. The lowest BCUT2D eigenvalue weighted by molar-refractivity contribution is 0.280. The van der Waals surface area contributed by atoms with E-state index in [9.17, 15) is 0 Å². The fourth-order valence-corrected chi connectivity index (χ4v) is 2.51. The van der Waals surface area contributed by atoms with Crippen LogP contribution < -0.4 is 10.2 Å². The molecule has 0 saturated carbocycles. The van der Waals surface area contributed by atoms with Gasteiger partial charge < -0.3 is 10.2 Å². The average molecular weight is 246 g/mol. The number of hydrogen-bond donors (Lipinski definition) is 1. The van der Waals surface area contributed by atoms with E-state index in [-0.39, 0.29) is 0 Å². The molecule has 1 aromatic carbocycles. The zero-order valence-corrected chi connectivity index (χ0v) is 12.2. The molecule has 0 spiro atoms. The zero-order valence-electron chi connectivity index (χ0n) is 12.2. The molecule has 1 heterocycles. The quantitative estimate of drug-likeness (QED) is 0.876. The van der Waals surface area contributed by atoms with Gasteiger partial charge in [0.2, 0.25) is 0 Å². The first-order valence-corrected chi connectivity index (χ1v) is 7.04. The van der Waals surface area contributed by atoms with E-state index in [1.54, 1.807) is 0 Å².